The summed E-state index contributed by atoms with van der Waals surface area (Å²) in [7, 11) is 0. The Morgan fingerprint density at radius 1 is 0.833 bits per heavy atom. The molecule has 4 aliphatic rings. The number of nitrogens with zero attached hydrogens (tertiary/aromatic N) is 1. The molecule has 18 heavy (non-hydrogen) atoms. The van der Waals surface area contributed by atoms with Crippen LogP contribution in [0, 0.1) is 23.7 Å². The number of aliphatic hydroxyl groups is 1. The van der Waals surface area contributed by atoms with E-state index in [1.807, 2.05) is 0 Å². The van der Waals surface area contributed by atoms with E-state index in [-0.39, 0.29) is 5.17 Å². The van der Waals surface area contributed by atoms with E-state index in [9.17, 15) is 5.11 Å². The molecule has 0 saturated heterocycles. The SMILES string of the molecule is OC(=S)N(C1CC2CCC1C2)C1CC2CCC1C2. The van der Waals surface area contributed by atoms with Crippen LogP contribution in [0.1, 0.15) is 51.4 Å². The lowest BCUT2D eigenvalue weighted by molar-refractivity contribution is 0.117. The molecule has 4 saturated carbocycles. The van der Waals surface area contributed by atoms with Gasteiger partial charge in [-0.15, -0.1) is 0 Å². The summed E-state index contributed by atoms with van der Waals surface area (Å²) in [6.07, 6.45) is 11.0. The first-order chi connectivity index (χ1) is 8.72. The molecule has 0 aromatic carbocycles. The second-order valence-electron chi connectivity index (χ2n) is 7.17. The van der Waals surface area contributed by atoms with Crippen molar-refractivity contribution in [1.82, 2.24) is 4.90 Å². The molecule has 0 aromatic heterocycles. The maximum atomic E-state index is 10.0. The molecule has 1 N–H and O–H groups in total. The molecule has 3 heteroatoms. The minimum absolute atomic E-state index is 0.199. The molecular weight excluding hydrogens is 242 g/mol. The number of fused-ring (bicyclic) bond motifs is 4. The summed E-state index contributed by atoms with van der Waals surface area (Å²) in [4.78, 5) is 2.29. The summed E-state index contributed by atoms with van der Waals surface area (Å²) < 4.78 is 0. The van der Waals surface area contributed by atoms with Crippen LogP contribution in [0.15, 0.2) is 0 Å². The molecule has 4 rings (SSSR count). The maximum Gasteiger partial charge on any atom is 0.257 e. The average molecular weight is 265 g/mol. The van der Waals surface area contributed by atoms with E-state index in [1.54, 1.807) is 0 Å². The Morgan fingerprint density at radius 3 is 1.61 bits per heavy atom. The summed E-state index contributed by atoms with van der Waals surface area (Å²) in [5.41, 5.74) is 0. The lowest BCUT2D eigenvalue weighted by atomic mass is 9.88. The molecule has 0 aromatic rings. The van der Waals surface area contributed by atoms with E-state index in [2.05, 4.69) is 4.90 Å². The van der Waals surface area contributed by atoms with E-state index in [4.69, 9.17) is 12.2 Å². The molecule has 0 radical (unpaired) electrons. The van der Waals surface area contributed by atoms with Crippen molar-refractivity contribution in [1.29, 1.82) is 0 Å². The lowest BCUT2D eigenvalue weighted by Crippen LogP contribution is -2.50. The molecule has 0 heterocycles. The van der Waals surface area contributed by atoms with E-state index >= 15 is 0 Å². The molecule has 4 fully saturated rings. The van der Waals surface area contributed by atoms with Crippen molar-refractivity contribution in [2.75, 3.05) is 0 Å². The lowest BCUT2D eigenvalue weighted by Gasteiger charge is -2.41. The molecule has 100 valence electrons. The molecule has 6 unspecified atom stereocenters. The van der Waals surface area contributed by atoms with Gasteiger partial charge in [-0.05, 0) is 74.4 Å². The number of rotatable bonds is 2. The van der Waals surface area contributed by atoms with Gasteiger partial charge in [0.1, 0.15) is 0 Å². The fourth-order valence-corrected chi connectivity index (χ4v) is 5.90. The average Bonchev–Trinajstić information content (AvgIpc) is 3.09. The fraction of sp³-hybridized carbons (Fsp3) is 0.933. The standard InChI is InChI=1S/C15H23NOS/c17-15(18)16(13-7-9-1-3-11(13)5-9)14-8-10-2-4-12(14)6-10/h9-14H,1-8H2,(H,17,18). The third-order valence-electron chi connectivity index (χ3n) is 6.34. The number of hydrogen-bond donors (Lipinski definition) is 1. The van der Waals surface area contributed by atoms with Gasteiger partial charge in [0, 0.05) is 12.1 Å². The number of hydrogen-bond acceptors (Lipinski definition) is 1. The largest absolute Gasteiger partial charge is 0.486 e. The van der Waals surface area contributed by atoms with Crippen LogP contribution in [0.25, 0.3) is 0 Å². The molecule has 4 aliphatic carbocycles. The molecule has 0 spiro atoms. The van der Waals surface area contributed by atoms with Gasteiger partial charge in [0.2, 0.25) is 0 Å². The zero-order valence-electron chi connectivity index (χ0n) is 10.9. The normalized spacial score (nSPS) is 48.9. The zero-order chi connectivity index (χ0) is 12.3. The minimum Gasteiger partial charge on any atom is -0.486 e. The Hall–Kier alpha value is -0.310. The molecule has 2 nitrogen and oxygen atoms in total. The van der Waals surface area contributed by atoms with Crippen LogP contribution in [0.5, 0.6) is 0 Å². The zero-order valence-corrected chi connectivity index (χ0v) is 11.7. The molecular formula is C15H23NOS. The number of thiocarbonyl (C=S) groups is 1. The van der Waals surface area contributed by atoms with Gasteiger partial charge in [0.25, 0.3) is 5.17 Å². The van der Waals surface area contributed by atoms with Crippen molar-refractivity contribution in [3.8, 4) is 0 Å². The van der Waals surface area contributed by atoms with Gasteiger partial charge in [0.15, 0.2) is 0 Å². The van der Waals surface area contributed by atoms with Gasteiger partial charge in [-0.3, -0.25) is 0 Å². The van der Waals surface area contributed by atoms with Gasteiger partial charge in [-0.2, -0.15) is 0 Å². The van der Waals surface area contributed by atoms with E-state index in [0.29, 0.717) is 12.1 Å². The Balaban J connectivity index is 1.56. The van der Waals surface area contributed by atoms with Crippen LogP contribution in [-0.2, 0) is 0 Å². The minimum atomic E-state index is 0.199. The van der Waals surface area contributed by atoms with E-state index < -0.39 is 0 Å². The van der Waals surface area contributed by atoms with Gasteiger partial charge < -0.3 is 10.0 Å². The smallest absolute Gasteiger partial charge is 0.257 e. The van der Waals surface area contributed by atoms with Crippen molar-refractivity contribution < 1.29 is 5.11 Å². The molecule has 0 amide bonds. The first kappa shape index (κ1) is 11.5. The van der Waals surface area contributed by atoms with Crippen LogP contribution >= 0.6 is 12.2 Å². The van der Waals surface area contributed by atoms with Gasteiger partial charge in [-0.25, -0.2) is 0 Å². The van der Waals surface area contributed by atoms with Crippen molar-refractivity contribution in [2.45, 2.75) is 63.5 Å². The second kappa shape index (κ2) is 4.09. The Kier molecular flexibility index (Phi) is 2.62. The number of aliphatic hydroxyl groups excluding tert-OH is 1. The first-order valence-electron chi connectivity index (χ1n) is 7.73. The predicted octanol–water partition coefficient (Wildman–Crippen LogP) is 3.51. The Labute approximate surface area is 115 Å². The van der Waals surface area contributed by atoms with E-state index in [1.165, 1.54) is 51.4 Å². The van der Waals surface area contributed by atoms with Crippen molar-refractivity contribution in [3.63, 3.8) is 0 Å². The van der Waals surface area contributed by atoms with Crippen LogP contribution in [0.2, 0.25) is 0 Å². The highest BCUT2D eigenvalue weighted by Gasteiger charge is 2.49. The fourth-order valence-electron chi connectivity index (χ4n) is 5.63. The summed E-state index contributed by atoms with van der Waals surface area (Å²) in [6, 6.07) is 1.15. The highest BCUT2D eigenvalue weighted by atomic mass is 32.1. The van der Waals surface area contributed by atoms with Crippen molar-refractivity contribution in [3.05, 3.63) is 0 Å². The van der Waals surface area contributed by atoms with Gasteiger partial charge in [0.05, 0.1) is 0 Å². The van der Waals surface area contributed by atoms with Crippen molar-refractivity contribution >= 4 is 17.4 Å². The van der Waals surface area contributed by atoms with Crippen LogP contribution in [-0.4, -0.2) is 27.3 Å². The quantitative estimate of drug-likeness (QED) is 0.773. The van der Waals surface area contributed by atoms with E-state index in [0.717, 1.165) is 23.7 Å². The Bertz CT molecular complexity index is 344. The summed E-state index contributed by atoms with van der Waals surface area (Å²) in [5.74, 6) is 3.49. The van der Waals surface area contributed by atoms with Crippen LogP contribution in [0.4, 0.5) is 0 Å². The topological polar surface area (TPSA) is 23.5 Å². The summed E-state index contributed by atoms with van der Waals surface area (Å²) >= 11 is 5.20. The summed E-state index contributed by atoms with van der Waals surface area (Å²) in [5, 5.41) is 10.2. The van der Waals surface area contributed by atoms with Crippen molar-refractivity contribution in [2.24, 2.45) is 23.7 Å². The van der Waals surface area contributed by atoms with Crippen LogP contribution in [0.3, 0.4) is 0 Å². The molecule has 4 bridgehead atoms. The summed E-state index contributed by atoms with van der Waals surface area (Å²) in [6.45, 7) is 0. The van der Waals surface area contributed by atoms with Gasteiger partial charge >= 0.3 is 0 Å². The monoisotopic (exact) mass is 265 g/mol. The third kappa shape index (κ3) is 1.62. The molecule has 0 aliphatic heterocycles. The maximum absolute atomic E-state index is 10.0. The van der Waals surface area contributed by atoms with Crippen LogP contribution < -0.4 is 0 Å². The van der Waals surface area contributed by atoms with Gasteiger partial charge in [-0.1, -0.05) is 12.8 Å². The first-order valence-corrected chi connectivity index (χ1v) is 8.14. The third-order valence-corrected chi connectivity index (χ3v) is 6.55. The highest BCUT2D eigenvalue weighted by molar-refractivity contribution is 7.79. The predicted molar refractivity (Wildman–Crippen MR) is 75.5 cm³/mol. The second-order valence-corrected chi connectivity index (χ2v) is 7.54. The molecule has 6 atom stereocenters. The highest BCUT2D eigenvalue weighted by Crippen LogP contribution is 2.52. The Morgan fingerprint density at radius 2 is 1.33 bits per heavy atom.